The van der Waals surface area contributed by atoms with Crippen molar-refractivity contribution >= 4 is 125 Å². The molecule has 0 bridgehead atoms. The Bertz CT molecular complexity index is 7140. The number of hydrogen-bond acceptors (Lipinski definition) is 16. The second-order valence-electron chi connectivity index (χ2n) is 26.6. The van der Waals surface area contributed by atoms with Gasteiger partial charge in [-0.2, -0.15) is 0 Å². The van der Waals surface area contributed by atoms with Crippen LogP contribution in [0.1, 0.15) is 44.9 Å². The Balaban J connectivity index is 0.000000104. The van der Waals surface area contributed by atoms with Crippen LogP contribution in [0.15, 0.2) is 248 Å². The smallest absolute Gasteiger partial charge is 0.280 e. The summed E-state index contributed by atoms with van der Waals surface area (Å²) in [5, 5.41) is 32.2. The molecule has 0 atom stereocenters. The van der Waals surface area contributed by atoms with Crippen LogP contribution in [-0.4, -0.2) is 104 Å². The van der Waals surface area contributed by atoms with Gasteiger partial charge in [-0.25, -0.2) is 28.4 Å². The normalized spacial score (nSPS) is 11.4. The lowest BCUT2D eigenvalue weighted by Crippen LogP contribution is -2.14. The molecule has 15 aromatic heterocycles. The minimum Gasteiger partial charge on any atom is -0.392 e. The number of aliphatic hydroxyl groups is 1. The van der Waals surface area contributed by atoms with E-state index < -0.39 is 0 Å². The highest BCUT2D eigenvalue weighted by molar-refractivity contribution is 9.10. The molecule has 20 aromatic rings. The van der Waals surface area contributed by atoms with Crippen molar-refractivity contribution in [3.05, 3.63) is 321 Å². The maximum Gasteiger partial charge on any atom is 0.280 e. The van der Waals surface area contributed by atoms with Crippen LogP contribution in [0.5, 0.6) is 0 Å². The zero-order chi connectivity index (χ0) is 76.2. The highest BCUT2D eigenvalue weighted by atomic mass is 79.9. The fourth-order valence-corrected chi connectivity index (χ4v) is 13.4. The van der Waals surface area contributed by atoms with E-state index in [9.17, 15) is 29.1 Å². The van der Waals surface area contributed by atoms with Gasteiger partial charge < -0.3 is 5.11 Å². The van der Waals surface area contributed by atoms with Crippen molar-refractivity contribution in [2.24, 2.45) is 0 Å². The van der Waals surface area contributed by atoms with Crippen LogP contribution >= 0.6 is 15.9 Å². The quantitative estimate of drug-likeness (QED) is 0.0842. The number of aromatic nitrogens is 20. The third kappa shape index (κ3) is 13.3. The van der Waals surface area contributed by atoms with Crippen molar-refractivity contribution in [3.63, 3.8) is 0 Å². The molecular weight excluding hydrogens is 1450 g/mol. The lowest BCUT2D eigenvalue weighted by atomic mass is 10.1. The van der Waals surface area contributed by atoms with Crippen LogP contribution in [0.3, 0.4) is 0 Å². The van der Waals surface area contributed by atoms with Gasteiger partial charge in [-0.15, -0.1) is 0 Å². The maximum absolute atomic E-state index is 12.6. The molecule has 110 heavy (non-hydrogen) atoms. The molecule has 0 saturated carbocycles. The first-order valence-electron chi connectivity index (χ1n) is 34.8. The second kappa shape index (κ2) is 28.9. The van der Waals surface area contributed by atoms with Crippen molar-refractivity contribution in [1.82, 2.24) is 98.7 Å². The molecule has 540 valence electrons. The van der Waals surface area contributed by atoms with Gasteiger partial charge in [0.15, 0.2) is 0 Å². The summed E-state index contributed by atoms with van der Waals surface area (Å²) in [5.74, 6) is 0. The number of fused-ring (bicyclic) bond motifs is 15. The van der Waals surface area contributed by atoms with Crippen LogP contribution in [0.4, 0.5) is 0 Å². The second-order valence-corrected chi connectivity index (χ2v) is 27.4. The number of nitrogens with one attached hydrogen (secondary N) is 5. The summed E-state index contributed by atoms with van der Waals surface area (Å²) in [7, 11) is 0. The number of H-pyrrole nitrogens is 5. The molecule has 0 amide bonds. The topological polar surface area (TPSA) is 338 Å². The van der Waals surface area contributed by atoms with Gasteiger partial charge in [-0.05, 0) is 167 Å². The molecule has 27 heteroatoms. The standard InChI is InChI=1S/3C17H14N4O.C16H11BrN4O.C16H12N4O2/c1-10-3-5-12(6-4-10)21-17(22)14-9-19-15-7-11(2)18-8-13(15)16(14)20-21;1-10-3-5-12(6-4-10)21-17(22)14-8-19-15-9-18-11(2)7-13(15)16(14)20-21;1-10-4-3-5-12(6-10)21-17(22)14-9-19-15-7-11(2)18-8-13(15)16(14)20-21;1-9-2-4-10(5-3-9)21-16(22)12-8-18-13-6-14(17)19-7-11(13)15(12)20-21;21-9-10-1-2-12-14(7-10)18-8-13-15(12)19-20(16(13)22)11-3-5-17-6-4-11/h3*3-9,20H,1-2H3;2-8,20H,1H3;1-8,19,21H,9H2. The SMILES string of the molecule is Cc1ccc(-n2[nH]c3c(cnc4cc(Br)ncc43)c2=O)cc1.Cc1ccc(-n2[nH]c3c(cnc4cc(C)ncc43)c2=O)cc1.Cc1ccc(-n2[nH]c3c(cnc4cnc(C)cc43)c2=O)cc1.Cc1cccc(-n2[nH]c3c(cnc4cc(C)ncc43)c2=O)c1.O=c1c2cnc3cc(CO)ccc3c2[nH]n1-c1ccncc1. The molecule has 0 aliphatic heterocycles. The van der Waals surface area contributed by atoms with Crippen molar-refractivity contribution in [1.29, 1.82) is 0 Å². The average Bonchev–Trinajstić information content (AvgIpc) is 1.63. The molecule has 26 nitrogen and oxygen atoms in total. The highest BCUT2D eigenvalue weighted by Gasteiger charge is 2.19. The predicted molar refractivity (Wildman–Crippen MR) is 432 cm³/mol. The highest BCUT2D eigenvalue weighted by Crippen LogP contribution is 2.28. The zero-order valence-electron chi connectivity index (χ0n) is 60.1. The number of rotatable bonds is 6. The Morgan fingerprint density at radius 3 is 1.07 bits per heavy atom. The van der Waals surface area contributed by atoms with Crippen molar-refractivity contribution < 1.29 is 5.11 Å². The fraction of sp³-hybridized carbons (Fsp3) is 0.0964. The Morgan fingerprint density at radius 2 is 0.645 bits per heavy atom. The molecular formula is C83H65BrN20O6. The Morgan fingerprint density at radius 1 is 0.300 bits per heavy atom. The number of pyridine rings is 10. The van der Waals surface area contributed by atoms with Crippen LogP contribution in [-0.2, 0) is 6.61 Å². The molecule has 0 radical (unpaired) electrons. The molecule has 0 spiro atoms. The van der Waals surface area contributed by atoms with E-state index in [0.717, 1.165) is 155 Å². The number of nitrogens with zero attached hydrogens (tertiary/aromatic N) is 15. The summed E-state index contributed by atoms with van der Waals surface area (Å²) in [4.78, 5) is 106. The summed E-state index contributed by atoms with van der Waals surface area (Å²) in [6, 6.07) is 47.8. The summed E-state index contributed by atoms with van der Waals surface area (Å²) >= 11 is 3.33. The maximum atomic E-state index is 12.6. The van der Waals surface area contributed by atoms with E-state index in [1.165, 1.54) is 9.36 Å². The molecule has 0 aliphatic rings. The van der Waals surface area contributed by atoms with E-state index in [1.54, 1.807) is 94.3 Å². The number of halogens is 1. The Hall–Kier alpha value is -14.3. The van der Waals surface area contributed by atoms with Crippen LogP contribution < -0.4 is 27.8 Å². The first-order chi connectivity index (χ1) is 53.3. The number of benzene rings is 5. The van der Waals surface area contributed by atoms with Gasteiger partial charge in [0, 0.05) is 106 Å². The van der Waals surface area contributed by atoms with Gasteiger partial charge >= 0.3 is 0 Å². The van der Waals surface area contributed by atoms with Gasteiger partial charge in [0.25, 0.3) is 27.8 Å². The van der Waals surface area contributed by atoms with Crippen molar-refractivity contribution in [3.8, 4) is 28.4 Å². The minimum absolute atomic E-state index is 0.0375. The first kappa shape index (κ1) is 70.0. The first-order valence-corrected chi connectivity index (χ1v) is 35.6. The third-order valence-electron chi connectivity index (χ3n) is 18.9. The van der Waals surface area contributed by atoms with Gasteiger partial charge in [0.2, 0.25) is 0 Å². The molecule has 0 aliphatic carbocycles. The molecule has 0 fully saturated rings. The van der Waals surface area contributed by atoms with E-state index in [4.69, 9.17) is 0 Å². The third-order valence-corrected chi connectivity index (χ3v) is 19.3. The van der Waals surface area contributed by atoms with Gasteiger partial charge in [0.05, 0.1) is 123 Å². The Kier molecular flexibility index (Phi) is 18.4. The summed E-state index contributed by atoms with van der Waals surface area (Å²) < 4.78 is 8.39. The number of hydrogen-bond donors (Lipinski definition) is 6. The fourth-order valence-electron chi connectivity index (χ4n) is 13.1. The number of aliphatic hydroxyl groups excluding tert-OH is 1. The number of aromatic amines is 5. The van der Waals surface area contributed by atoms with Crippen LogP contribution in [0, 0.1) is 48.5 Å². The lowest BCUT2D eigenvalue weighted by Gasteiger charge is -2.02. The van der Waals surface area contributed by atoms with E-state index >= 15 is 0 Å². The van der Waals surface area contributed by atoms with Crippen molar-refractivity contribution in [2.45, 2.75) is 55.1 Å². The molecule has 15 heterocycles. The molecule has 20 rings (SSSR count). The van der Waals surface area contributed by atoms with Gasteiger partial charge in [-0.3, -0.25) is 94.3 Å². The monoisotopic (exact) mass is 1520 g/mol. The molecule has 0 saturated heterocycles. The molecule has 0 unspecified atom stereocenters. The van der Waals surface area contributed by atoms with Crippen LogP contribution in [0.25, 0.3) is 137 Å². The van der Waals surface area contributed by atoms with E-state index in [0.29, 0.717) is 31.5 Å². The molecule has 5 aromatic carbocycles. The summed E-state index contributed by atoms with van der Waals surface area (Å²) in [6.45, 7) is 13.8. The van der Waals surface area contributed by atoms with E-state index in [2.05, 4.69) is 91.3 Å². The van der Waals surface area contributed by atoms with Crippen molar-refractivity contribution in [2.75, 3.05) is 0 Å². The lowest BCUT2D eigenvalue weighted by molar-refractivity contribution is 0.282. The Labute approximate surface area is 629 Å². The van der Waals surface area contributed by atoms with Gasteiger partial charge in [-0.1, -0.05) is 77.4 Å². The van der Waals surface area contributed by atoms with E-state index in [-0.39, 0.29) is 34.4 Å². The summed E-state index contributed by atoms with van der Waals surface area (Å²) in [5.41, 5.74) is 19.2. The average molecular weight is 1520 g/mol. The van der Waals surface area contributed by atoms with Gasteiger partial charge in [0.1, 0.15) is 4.60 Å². The van der Waals surface area contributed by atoms with E-state index in [1.807, 2.05) is 188 Å². The zero-order valence-corrected chi connectivity index (χ0v) is 61.7. The predicted octanol–water partition coefficient (Wildman–Crippen LogP) is 13.7. The largest absolute Gasteiger partial charge is 0.392 e. The van der Waals surface area contributed by atoms with Crippen LogP contribution in [0.2, 0.25) is 0 Å². The molecule has 6 N–H and O–H groups in total. The minimum atomic E-state index is -0.151. The summed E-state index contributed by atoms with van der Waals surface area (Å²) in [6.07, 6.45) is 18.3. The number of aryl methyl sites for hydroxylation is 7.